The molecule has 0 saturated carbocycles. The van der Waals surface area contributed by atoms with E-state index in [4.69, 9.17) is 24.0 Å². The number of anilines is 3. The Morgan fingerprint density at radius 1 is 1.00 bits per heavy atom. The maximum absolute atomic E-state index is 12.8. The number of ether oxygens (including phenoxy) is 2. The number of aryl methyl sites for hydroxylation is 1. The van der Waals surface area contributed by atoms with Gasteiger partial charge in [-0.15, -0.1) is 11.3 Å². The highest BCUT2D eigenvalue weighted by Gasteiger charge is 2.19. The molecule has 1 N–H and O–H groups in total. The summed E-state index contributed by atoms with van der Waals surface area (Å²) in [5, 5.41) is 9.98. The maximum Gasteiger partial charge on any atom is 0.229 e. The molecule has 0 spiro atoms. The lowest BCUT2D eigenvalue weighted by Gasteiger charge is -2.27. The minimum absolute atomic E-state index is 0.0232. The van der Waals surface area contributed by atoms with Gasteiger partial charge in [0.15, 0.2) is 17.3 Å². The zero-order valence-electron chi connectivity index (χ0n) is 23.3. The first-order chi connectivity index (χ1) is 20.6. The molecule has 216 valence electrons. The molecule has 0 radical (unpaired) electrons. The predicted octanol–water partition coefficient (Wildman–Crippen LogP) is 4.22. The largest absolute Gasteiger partial charge is 0.439 e. The van der Waals surface area contributed by atoms with Crippen LogP contribution < -0.4 is 15.6 Å². The van der Waals surface area contributed by atoms with Gasteiger partial charge in [-0.1, -0.05) is 12.1 Å². The van der Waals surface area contributed by atoms with Crippen LogP contribution in [0.1, 0.15) is 11.3 Å². The molecule has 0 bridgehead atoms. The third-order valence-electron chi connectivity index (χ3n) is 7.58. The van der Waals surface area contributed by atoms with E-state index in [1.54, 1.807) is 12.3 Å². The molecule has 1 aromatic carbocycles. The van der Waals surface area contributed by atoms with Crippen molar-refractivity contribution in [1.82, 2.24) is 24.6 Å². The topological polar surface area (TPSA) is 111 Å². The van der Waals surface area contributed by atoms with Crippen molar-refractivity contribution in [1.29, 1.82) is 0 Å². The zero-order valence-corrected chi connectivity index (χ0v) is 24.1. The molecule has 2 saturated heterocycles. The van der Waals surface area contributed by atoms with Gasteiger partial charge < -0.3 is 24.1 Å². The van der Waals surface area contributed by atoms with Gasteiger partial charge in [0.05, 0.1) is 32.1 Å². The standard InChI is InChI=1S/C30H31N7O4S/c1-20-22(17-35-8-12-39-13-9-35)18-37(34-20)26-6-7-31-30(33-26)32-23-4-2-21(3-5-23)24-19-42-29-25(38)16-27(41-28(24)29)36-10-14-40-15-11-36/h2-7,16,18-19H,8-15,17H2,1H3,(H,31,32,33). The summed E-state index contributed by atoms with van der Waals surface area (Å²) in [5.41, 5.74) is 5.46. The molecule has 5 aromatic rings. The third kappa shape index (κ3) is 5.53. The highest BCUT2D eigenvalue weighted by Crippen LogP contribution is 2.35. The van der Waals surface area contributed by atoms with Crippen molar-refractivity contribution in [2.24, 2.45) is 0 Å². The summed E-state index contributed by atoms with van der Waals surface area (Å²) < 4.78 is 19.6. The average molecular weight is 586 g/mol. The van der Waals surface area contributed by atoms with E-state index in [9.17, 15) is 4.79 Å². The lowest BCUT2D eigenvalue weighted by atomic mass is 10.1. The number of thiophene rings is 1. The smallest absolute Gasteiger partial charge is 0.229 e. The zero-order chi connectivity index (χ0) is 28.5. The number of nitrogens with zero attached hydrogens (tertiary/aromatic N) is 6. The van der Waals surface area contributed by atoms with Crippen LogP contribution >= 0.6 is 11.3 Å². The summed E-state index contributed by atoms with van der Waals surface area (Å²) in [6.07, 6.45) is 3.77. The summed E-state index contributed by atoms with van der Waals surface area (Å²) in [5.74, 6) is 1.76. The van der Waals surface area contributed by atoms with Crippen molar-refractivity contribution in [3.63, 3.8) is 0 Å². The molecule has 2 fully saturated rings. The number of rotatable bonds is 7. The number of hydrogen-bond acceptors (Lipinski definition) is 11. The Balaban J connectivity index is 1.08. The molecule has 2 aliphatic rings. The van der Waals surface area contributed by atoms with E-state index >= 15 is 0 Å². The normalized spacial score (nSPS) is 16.3. The minimum atomic E-state index is -0.0232. The van der Waals surface area contributed by atoms with Crippen molar-refractivity contribution < 1.29 is 13.9 Å². The van der Waals surface area contributed by atoms with E-state index in [1.165, 1.54) is 16.9 Å². The summed E-state index contributed by atoms with van der Waals surface area (Å²) in [6.45, 7) is 8.91. The van der Waals surface area contributed by atoms with Crippen molar-refractivity contribution >= 4 is 39.1 Å². The first-order valence-corrected chi connectivity index (χ1v) is 14.9. The van der Waals surface area contributed by atoms with Gasteiger partial charge in [-0.25, -0.2) is 9.67 Å². The van der Waals surface area contributed by atoms with Crippen molar-refractivity contribution in [3.05, 3.63) is 75.7 Å². The molecule has 0 aliphatic carbocycles. The Bertz CT molecular complexity index is 1750. The molecule has 4 aromatic heterocycles. The maximum atomic E-state index is 12.8. The lowest BCUT2D eigenvalue weighted by molar-refractivity contribution is 0.0341. The number of morpholine rings is 2. The molecule has 2 aliphatic heterocycles. The summed E-state index contributed by atoms with van der Waals surface area (Å²) >= 11 is 1.41. The monoisotopic (exact) mass is 585 g/mol. The predicted molar refractivity (Wildman–Crippen MR) is 162 cm³/mol. The van der Waals surface area contributed by atoms with Gasteiger partial charge in [0.25, 0.3) is 0 Å². The second-order valence-electron chi connectivity index (χ2n) is 10.4. The molecule has 12 heteroatoms. The molecule has 0 amide bonds. The van der Waals surface area contributed by atoms with E-state index in [2.05, 4.69) is 20.1 Å². The van der Waals surface area contributed by atoms with Gasteiger partial charge in [0.1, 0.15) is 4.70 Å². The van der Waals surface area contributed by atoms with Crippen LogP contribution in [0.4, 0.5) is 17.5 Å². The Hall–Kier alpha value is -4.10. The van der Waals surface area contributed by atoms with Crippen LogP contribution in [0, 0.1) is 6.92 Å². The number of benzene rings is 1. The molecule has 6 heterocycles. The van der Waals surface area contributed by atoms with Crippen LogP contribution in [0.15, 0.2) is 63.4 Å². The number of aromatic nitrogens is 4. The van der Waals surface area contributed by atoms with E-state index in [0.717, 1.165) is 55.4 Å². The fourth-order valence-electron chi connectivity index (χ4n) is 5.24. The van der Waals surface area contributed by atoms with Crippen LogP contribution in [-0.2, 0) is 16.0 Å². The van der Waals surface area contributed by atoms with Gasteiger partial charge in [-0.05, 0) is 24.6 Å². The van der Waals surface area contributed by atoms with Crippen LogP contribution in [0.2, 0.25) is 0 Å². The highest BCUT2D eigenvalue weighted by molar-refractivity contribution is 7.17. The lowest BCUT2D eigenvalue weighted by Crippen LogP contribution is -2.36. The average Bonchev–Trinajstić information content (AvgIpc) is 3.62. The summed E-state index contributed by atoms with van der Waals surface area (Å²) in [6, 6.07) is 11.4. The molecule has 0 unspecified atom stereocenters. The van der Waals surface area contributed by atoms with Crippen LogP contribution in [0.3, 0.4) is 0 Å². The van der Waals surface area contributed by atoms with E-state index in [1.807, 2.05) is 53.5 Å². The van der Waals surface area contributed by atoms with Crippen LogP contribution in [0.25, 0.3) is 27.2 Å². The molecule has 11 nitrogen and oxygen atoms in total. The third-order valence-corrected chi connectivity index (χ3v) is 8.55. The Labute approximate surface area is 246 Å². The molecule has 7 rings (SSSR count). The quantitative estimate of drug-likeness (QED) is 0.298. The first-order valence-electron chi connectivity index (χ1n) is 14.0. The van der Waals surface area contributed by atoms with Gasteiger partial charge in [0.2, 0.25) is 11.4 Å². The molecule has 42 heavy (non-hydrogen) atoms. The van der Waals surface area contributed by atoms with Crippen molar-refractivity contribution in [2.75, 3.05) is 62.8 Å². The molecule has 0 atom stereocenters. The SMILES string of the molecule is Cc1nn(-c2ccnc(Nc3ccc(-c4csc5c(=O)cc(N6CCOCC6)oc45)cc3)n2)cc1CN1CCOCC1. The van der Waals surface area contributed by atoms with E-state index in [-0.39, 0.29) is 5.43 Å². The summed E-state index contributed by atoms with van der Waals surface area (Å²) in [7, 11) is 0. The van der Waals surface area contributed by atoms with E-state index < -0.39 is 0 Å². The number of hydrogen-bond donors (Lipinski definition) is 1. The molecular weight excluding hydrogens is 554 g/mol. The second kappa shape index (κ2) is 11.6. The van der Waals surface area contributed by atoms with Gasteiger partial charge in [-0.3, -0.25) is 9.69 Å². The Morgan fingerprint density at radius 2 is 1.76 bits per heavy atom. The summed E-state index contributed by atoms with van der Waals surface area (Å²) in [4.78, 5) is 26.4. The van der Waals surface area contributed by atoms with Crippen LogP contribution in [0.5, 0.6) is 0 Å². The van der Waals surface area contributed by atoms with Gasteiger partial charge >= 0.3 is 0 Å². The van der Waals surface area contributed by atoms with Crippen LogP contribution in [-0.4, -0.2) is 77.3 Å². The minimum Gasteiger partial charge on any atom is -0.439 e. The van der Waals surface area contributed by atoms with Crippen molar-refractivity contribution in [2.45, 2.75) is 13.5 Å². The second-order valence-corrected chi connectivity index (χ2v) is 11.2. The van der Waals surface area contributed by atoms with Gasteiger partial charge in [0, 0.05) is 79.4 Å². The fraction of sp³-hybridized carbons (Fsp3) is 0.333. The first kappa shape index (κ1) is 26.8. The van der Waals surface area contributed by atoms with E-state index in [0.29, 0.717) is 54.2 Å². The number of fused-ring (bicyclic) bond motifs is 1. The van der Waals surface area contributed by atoms with Gasteiger partial charge in [-0.2, -0.15) is 10.1 Å². The fourth-order valence-corrected chi connectivity index (χ4v) is 6.15. The Kier molecular flexibility index (Phi) is 7.43. The molecular formula is C30H31N7O4S. The highest BCUT2D eigenvalue weighted by atomic mass is 32.1. The van der Waals surface area contributed by atoms with Crippen molar-refractivity contribution in [3.8, 4) is 16.9 Å². The number of nitrogens with one attached hydrogen (secondary N) is 1. The Morgan fingerprint density at radius 3 is 2.55 bits per heavy atom.